The molecule has 0 saturated carbocycles. The number of anilines is 1. The first kappa shape index (κ1) is 29.2. The number of carbonyl (C=O) groups is 2. The number of carbonyl (C=O) groups excluding carboxylic acids is 2. The van der Waals surface area contributed by atoms with Crippen LogP contribution in [0.1, 0.15) is 38.2 Å². The molecule has 2 amide bonds. The van der Waals surface area contributed by atoms with Gasteiger partial charge in [-0.25, -0.2) is 13.2 Å². The Kier molecular flexibility index (Phi) is 7.22. The fourth-order valence-electron chi connectivity index (χ4n) is 7.10. The van der Waals surface area contributed by atoms with Crippen LogP contribution in [0.5, 0.6) is 11.8 Å². The molecule has 3 aliphatic rings. The lowest BCUT2D eigenvalue weighted by Gasteiger charge is -2.30. The standard InChI is InChI=1S/C32H31F3N6O4/c1-2-20-23(34)5-4-16-8-19(42)10-21(25(16)20)27-26(35)28-22(13-36-27)29(37-12-17-9-24(43)38-30(17)44)40-31(39-28)45-15-32-6-3-7-41(32)14-18(33)11-32/h4-5,8,10,13,17-18,42H,2-3,6-7,9,11-12,14-15H2,1H3,(H,37,39,40)(H,38,43,44)/t17?,18-,32+/m1/s1. The molecule has 45 heavy (non-hydrogen) atoms. The minimum Gasteiger partial charge on any atom is -0.508 e. The molecule has 3 saturated heterocycles. The van der Waals surface area contributed by atoms with Gasteiger partial charge in [0.05, 0.1) is 16.8 Å². The lowest BCUT2D eigenvalue weighted by Crippen LogP contribution is -2.43. The van der Waals surface area contributed by atoms with Gasteiger partial charge in [-0.15, -0.1) is 0 Å². The second-order valence-electron chi connectivity index (χ2n) is 12.1. The number of amides is 2. The van der Waals surface area contributed by atoms with Gasteiger partial charge in [-0.3, -0.25) is 24.8 Å². The third-order valence-corrected chi connectivity index (χ3v) is 9.24. The first-order chi connectivity index (χ1) is 21.7. The number of aromatic hydroxyl groups is 1. The summed E-state index contributed by atoms with van der Waals surface area (Å²) in [6.45, 7) is 3.02. The van der Waals surface area contributed by atoms with Crippen molar-refractivity contribution >= 4 is 39.3 Å². The number of phenols is 1. The van der Waals surface area contributed by atoms with Crippen LogP contribution >= 0.6 is 0 Å². The Morgan fingerprint density at radius 2 is 2.07 bits per heavy atom. The number of halogens is 3. The van der Waals surface area contributed by atoms with Gasteiger partial charge in [-0.2, -0.15) is 9.97 Å². The van der Waals surface area contributed by atoms with Gasteiger partial charge in [0, 0.05) is 37.7 Å². The van der Waals surface area contributed by atoms with Crippen molar-refractivity contribution in [3.63, 3.8) is 0 Å². The molecule has 3 fully saturated rings. The lowest BCUT2D eigenvalue weighted by atomic mass is 9.94. The van der Waals surface area contributed by atoms with E-state index in [1.165, 1.54) is 30.5 Å². The Balaban J connectivity index is 1.33. The molecule has 0 aliphatic carbocycles. The van der Waals surface area contributed by atoms with Gasteiger partial charge in [0.15, 0.2) is 5.82 Å². The van der Waals surface area contributed by atoms with Crippen LogP contribution in [0.4, 0.5) is 19.0 Å². The predicted molar refractivity (Wildman–Crippen MR) is 160 cm³/mol. The Morgan fingerprint density at radius 1 is 1.22 bits per heavy atom. The number of benzene rings is 2. The second-order valence-corrected chi connectivity index (χ2v) is 12.1. The largest absolute Gasteiger partial charge is 0.508 e. The highest BCUT2D eigenvalue weighted by Gasteiger charge is 2.49. The van der Waals surface area contributed by atoms with Gasteiger partial charge in [0.2, 0.25) is 11.8 Å². The Bertz CT molecular complexity index is 1870. The van der Waals surface area contributed by atoms with Crippen molar-refractivity contribution in [1.29, 1.82) is 0 Å². The van der Waals surface area contributed by atoms with E-state index in [4.69, 9.17) is 4.74 Å². The molecule has 2 aromatic carbocycles. The Hall–Kier alpha value is -4.52. The van der Waals surface area contributed by atoms with Gasteiger partial charge in [-0.1, -0.05) is 13.0 Å². The summed E-state index contributed by atoms with van der Waals surface area (Å²) in [5.74, 6) is -2.78. The molecule has 3 N–H and O–H groups in total. The molecule has 234 valence electrons. The van der Waals surface area contributed by atoms with E-state index in [1.807, 2.05) is 0 Å². The number of aromatic nitrogens is 3. The Morgan fingerprint density at radius 3 is 2.84 bits per heavy atom. The second kappa shape index (κ2) is 11.1. The predicted octanol–water partition coefficient (Wildman–Crippen LogP) is 4.42. The van der Waals surface area contributed by atoms with Crippen molar-refractivity contribution in [2.75, 3.05) is 31.6 Å². The molecule has 1 unspecified atom stereocenters. The number of rotatable bonds is 8. The summed E-state index contributed by atoms with van der Waals surface area (Å²) in [5.41, 5.74) is -0.266. The monoisotopic (exact) mass is 620 g/mol. The van der Waals surface area contributed by atoms with Crippen molar-refractivity contribution in [2.24, 2.45) is 5.92 Å². The van der Waals surface area contributed by atoms with Crippen molar-refractivity contribution < 1.29 is 32.6 Å². The van der Waals surface area contributed by atoms with Crippen LogP contribution in [0.2, 0.25) is 0 Å². The van der Waals surface area contributed by atoms with Gasteiger partial charge >= 0.3 is 6.01 Å². The SMILES string of the molecule is CCc1c(F)ccc2cc(O)cc(-c3ncc4c(NCC5CC(=O)NC5=O)nc(OC[C@@]56CCCN5C[C@H](F)C6)nc4c3F)c12. The molecule has 2 aromatic heterocycles. The van der Waals surface area contributed by atoms with E-state index in [-0.39, 0.29) is 65.2 Å². The third kappa shape index (κ3) is 5.08. The van der Waals surface area contributed by atoms with E-state index in [0.717, 1.165) is 19.4 Å². The van der Waals surface area contributed by atoms with E-state index >= 15 is 4.39 Å². The van der Waals surface area contributed by atoms with E-state index in [0.29, 0.717) is 35.7 Å². The summed E-state index contributed by atoms with van der Waals surface area (Å²) in [4.78, 5) is 39.3. The van der Waals surface area contributed by atoms with Crippen molar-refractivity contribution in [2.45, 2.75) is 50.7 Å². The van der Waals surface area contributed by atoms with Gasteiger partial charge < -0.3 is 15.2 Å². The van der Waals surface area contributed by atoms with Crippen LogP contribution in [-0.2, 0) is 16.0 Å². The van der Waals surface area contributed by atoms with Crippen LogP contribution < -0.4 is 15.4 Å². The third-order valence-electron chi connectivity index (χ3n) is 9.24. The maximum absolute atomic E-state index is 16.6. The number of phenolic OH excluding ortho intramolecular Hbond substituents is 1. The quantitative estimate of drug-likeness (QED) is 0.245. The fourth-order valence-corrected chi connectivity index (χ4v) is 7.10. The average molecular weight is 621 g/mol. The zero-order chi connectivity index (χ0) is 31.5. The topological polar surface area (TPSA) is 130 Å². The lowest BCUT2D eigenvalue weighted by molar-refractivity contribution is -0.125. The van der Waals surface area contributed by atoms with Crippen LogP contribution in [0, 0.1) is 17.6 Å². The van der Waals surface area contributed by atoms with Crippen molar-refractivity contribution in [3.05, 3.63) is 47.7 Å². The highest BCUT2D eigenvalue weighted by molar-refractivity contribution is 6.04. The number of nitrogens with zero attached hydrogens (tertiary/aromatic N) is 4. The van der Waals surface area contributed by atoms with Gasteiger partial charge in [-0.05, 0) is 60.3 Å². The summed E-state index contributed by atoms with van der Waals surface area (Å²) in [5, 5.41) is 16.9. The fraction of sp³-hybridized carbons (Fsp3) is 0.406. The zero-order valence-electron chi connectivity index (χ0n) is 24.5. The molecule has 0 radical (unpaired) electrons. The number of imide groups is 1. The number of hydrogen-bond donors (Lipinski definition) is 3. The van der Waals surface area contributed by atoms with Crippen LogP contribution in [-0.4, -0.2) is 74.7 Å². The smallest absolute Gasteiger partial charge is 0.319 e. The summed E-state index contributed by atoms with van der Waals surface area (Å²) < 4.78 is 51.9. The van der Waals surface area contributed by atoms with Gasteiger partial charge in [0.1, 0.15) is 41.4 Å². The minimum atomic E-state index is -0.968. The highest BCUT2D eigenvalue weighted by atomic mass is 19.1. The number of nitrogens with one attached hydrogen (secondary N) is 2. The maximum atomic E-state index is 16.6. The molecule has 0 spiro atoms. The number of ether oxygens (including phenoxy) is 1. The van der Waals surface area contributed by atoms with Crippen molar-refractivity contribution in [3.8, 4) is 23.0 Å². The summed E-state index contributed by atoms with van der Waals surface area (Å²) in [6, 6.07) is 5.49. The summed E-state index contributed by atoms with van der Waals surface area (Å²) >= 11 is 0. The highest BCUT2D eigenvalue weighted by Crippen LogP contribution is 2.41. The van der Waals surface area contributed by atoms with Crippen LogP contribution in [0.3, 0.4) is 0 Å². The molecule has 5 heterocycles. The summed E-state index contributed by atoms with van der Waals surface area (Å²) in [6.07, 6.45) is 2.69. The molecule has 10 nitrogen and oxygen atoms in total. The van der Waals surface area contributed by atoms with Crippen LogP contribution in [0.25, 0.3) is 32.9 Å². The first-order valence-corrected chi connectivity index (χ1v) is 15.1. The number of hydrogen-bond acceptors (Lipinski definition) is 9. The van der Waals surface area contributed by atoms with Gasteiger partial charge in [0.25, 0.3) is 0 Å². The molecular weight excluding hydrogens is 589 g/mol. The van der Waals surface area contributed by atoms with Crippen LogP contribution in [0.15, 0.2) is 30.5 Å². The van der Waals surface area contributed by atoms with E-state index < -0.39 is 35.2 Å². The van der Waals surface area contributed by atoms with Crippen molar-refractivity contribution in [1.82, 2.24) is 25.2 Å². The first-order valence-electron chi connectivity index (χ1n) is 15.1. The molecule has 0 bridgehead atoms. The van der Waals surface area contributed by atoms with E-state index in [1.54, 1.807) is 6.92 Å². The number of fused-ring (bicyclic) bond motifs is 3. The maximum Gasteiger partial charge on any atom is 0.319 e. The van der Waals surface area contributed by atoms with E-state index in [9.17, 15) is 23.5 Å². The molecule has 3 atom stereocenters. The molecule has 3 aliphatic heterocycles. The molecular formula is C32H31F3N6O4. The molecule has 4 aromatic rings. The number of pyridine rings is 1. The minimum absolute atomic E-state index is 0.00137. The Labute approximate surface area is 256 Å². The average Bonchev–Trinajstić information content (AvgIpc) is 3.65. The zero-order valence-corrected chi connectivity index (χ0v) is 24.5. The molecule has 7 rings (SSSR count). The molecule has 13 heteroatoms. The normalized spacial score (nSPS) is 23.2. The number of alkyl halides is 1. The van der Waals surface area contributed by atoms with E-state index in [2.05, 4.69) is 30.5 Å². The summed E-state index contributed by atoms with van der Waals surface area (Å²) in [7, 11) is 0. The number of aryl methyl sites for hydroxylation is 1.